The van der Waals surface area contributed by atoms with E-state index < -0.39 is 30.3 Å². The largest absolute Gasteiger partial charge is 0.504 e. The number of benzene rings is 2. The van der Waals surface area contributed by atoms with E-state index >= 15 is 0 Å². The van der Waals surface area contributed by atoms with Crippen molar-refractivity contribution in [1.29, 1.82) is 0 Å². The van der Waals surface area contributed by atoms with E-state index in [0.717, 1.165) is 42.5 Å². The Bertz CT molecular complexity index is 1870. The van der Waals surface area contributed by atoms with Gasteiger partial charge in [-0.1, -0.05) is 80.2 Å². The Morgan fingerprint density at radius 1 is 0.945 bits per heavy atom. The van der Waals surface area contributed by atoms with Gasteiger partial charge in [0.25, 0.3) is 0 Å². The molecule has 0 spiro atoms. The van der Waals surface area contributed by atoms with Gasteiger partial charge in [0.05, 0.1) is 18.3 Å². The van der Waals surface area contributed by atoms with Crippen LogP contribution in [-0.4, -0.2) is 66.5 Å². The highest BCUT2D eigenvalue weighted by Gasteiger charge is 2.37. The number of aliphatic hydroxyl groups excluding tert-OH is 4. The zero-order chi connectivity index (χ0) is 38.7. The monoisotopic (exact) mass is 747 g/mol. The van der Waals surface area contributed by atoms with E-state index in [1.54, 1.807) is 18.3 Å². The van der Waals surface area contributed by atoms with E-state index in [0.29, 0.717) is 37.4 Å². The zero-order valence-corrected chi connectivity index (χ0v) is 31.8. The highest BCUT2D eigenvalue weighted by molar-refractivity contribution is 5.44. The van der Waals surface area contributed by atoms with Gasteiger partial charge in [-0.2, -0.15) is 0 Å². The molecular weight excluding hydrogens is 691 g/mol. The number of anilines is 1. The van der Waals surface area contributed by atoms with Crippen LogP contribution < -0.4 is 10.5 Å². The third kappa shape index (κ3) is 10.8. The van der Waals surface area contributed by atoms with Crippen LogP contribution in [0.5, 0.6) is 11.5 Å². The quantitative estimate of drug-likeness (QED) is 0.0555. The lowest BCUT2D eigenvalue weighted by atomic mass is 9.78. The number of hydrogen-bond acceptors (Lipinski definition) is 8. The van der Waals surface area contributed by atoms with Gasteiger partial charge in [0.2, 0.25) is 0 Å². The van der Waals surface area contributed by atoms with Crippen molar-refractivity contribution in [3.63, 3.8) is 0 Å². The second kappa shape index (κ2) is 19.3. The molecule has 0 bridgehead atoms. The lowest BCUT2D eigenvalue weighted by Crippen LogP contribution is -2.37. The number of hydrogen-bond donors (Lipinski definition) is 7. The average molecular weight is 748 g/mol. The Hall–Kier alpha value is -4.59. The molecule has 2 aromatic carbocycles. The van der Waals surface area contributed by atoms with Crippen LogP contribution in [0.2, 0.25) is 0 Å². The summed E-state index contributed by atoms with van der Waals surface area (Å²) in [6, 6.07) is 23.4. The number of aliphatic hydroxyl groups is 4. The van der Waals surface area contributed by atoms with E-state index in [9.17, 15) is 25.5 Å². The number of nitrogens with zero attached hydrogens (tertiary/aromatic N) is 1. The number of fused-ring (bicyclic) bond motifs is 1. The molecule has 2 aliphatic carbocycles. The number of nitrogens with one attached hydrogen (secondary N) is 1. The Morgan fingerprint density at radius 3 is 2.53 bits per heavy atom. The molecule has 0 radical (unpaired) electrons. The standard InChI is InChI=1S/C46H57N3O6/c1-30(24-31-8-3-2-4-9-31)32-10-5-6-12-41(53)46-33(14-13-32)15-16-34(26-42(46)54)35-17-18-39(51)43(27-35)55-44(40(52)20-23-50)28-37(25-38-11-7-21-48-38)36-19-22-49-45(47)29-36/h2-4,7-9,11,15-19,21-22,27,29-30,32-34,37,40-42,44,46,48,50-54H,5-6,10,12,20,23-26,28H2,1H3,(H2,47,49). The molecule has 8 N–H and O–H groups in total. The van der Waals surface area contributed by atoms with Crippen molar-refractivity contribution in [3.05, 3.63) is 120 Å². The number of aromatic nitrogens is 2. The van der Waals surface area contributed by atoms with E-state index in [2.05, 4.69) is 65.2 Å². The SMILES string of the molecule is CC(Cc1ccccc1)C1C#CC2C=CC(c3ccc(O)c(OC(CC(Cc4ccc[nH]4)c4ccnc(N)c4)C(O)CCO)c3)CC(O)C2C(O)CCCC1. The molecule has 2 aromatic heterocycles. The van der Waals surface area contributed by atoms with Crippen molar-refractivity contribution in [2.75, 3.05) is 12.3 Å². The topological polar surface area (TPSA) is 165 Å². The molecule has 0 saturated heterocycles. The van der Waals surface area contributed by atoms with Crippen LogP contribution in [0.25, 0.3) is 0 Å². The van der Waals surface area contributed by atoms with Crippen LogP contribution in [0.3, 0.4) is 0 Å². The normalized spacial score (nSPS) is 25.0. The average Bonchev–Trinajstić information content (AvgIpc) is 3.63. The number of ether oxygens (including phenoxy) is 1. The third-order valence-electron chi connectivity index (χ3n) is 11.6. The molecule has 4 aromatic rings. The number of pyridine rings is 1. The van der Waals surface area contributed by atoms with E-state index in [1.807, 2.05) is 42.6 Å². The molecule has 10 atom stereocenters. The summed E-state index contributed by atoms with van der Waals surface area (Å²) in [6.45, 7) is 2.04. The fourth-order valence-electron chi connectivity index (χ4n) is 8.46. The number of phenols is 1. The first kappa shape index (κ1) is 40.1. The number of nitrogens with two attached hydrogens (primary N) is 1. The van der Waals surface area contributed by atoms with Crippen molar-refractivity contribution >= 4 is 5.82 Å². The molecule has 9 heteroatoms. The van der Waals surface area contributed by atoms with Gasteiger partial charge in [0.1, 0.15) is 11.9 Å². The maximum Gasteiger partial charge on any atom is 0.161 e. The summed E-state index contributed by atoms with van der Waals surface area (Å²) in [5, 5.41) is 55.3. The van der Waals surface area contributed by atoms with Gasteiger partial charge in [0.15, 0.2) is 11.5 Å². The van der Waals surface area contributed by atoms with Gasteiger partial charge >= 0.3 is 0 Å². The Balaban J connectivity index is 1.25. The van der Waals surface area contributed by atoms with Gasteiger partial charge in [-0.25, -0.2) is 4.98 Å². The predicted octanol–water partition coefficient (Wildman–Crippen LogP) is 6.67. The molecule has 0 saturated carbocycles. The third-order valence-corrected chi connectivity index (χ3v) is 11.6. The minimum absolute atomic E-state index is 0.0803. The minimum Gasteiger partial charge on any atom is -0.504 e. The Morgan fingerprint density at radius 2 is 1.76 bits per heavy atom. The summed E-state index contributed by atoms with van der Waals surface area (Å²) < 4.78 is 6.48. The molecule has 292 valence electrons. The molecular formula is C46H57N3O6. The number of H-pyrrole nitrogens is 1. The second-order valence-electron chi connectivity index (χ2n) is 15.6. The van der Waals surface area contributed by atoms with Crippen LogP contribution in [0.4, 0.5) is 5.82 Å². The summed E-state index contributed by atoms with van der Waals surface area (Å²) in [6.07, 6.45) is 10.2. The minimum atomic E-state index is -1.03. The molecule has 0 fully saturated rings. The van der Waals surface area contributed by atoms with Crippen molar-refractivity contribution < 1.29 is 30.3 Å². The second-order valence-corrected chi connectivity index (χ2v) is 15.6. The van der Waals surface area contributed by atoms with Gasteiger partial charge in [-0.05, 0) is 103 Å². The first-order valence-electron chi connectivity index (χ1n) is 19.9. The van der Waals surface area contributed by atoms with Crippen LogP contribution in [-0.2, 0) is 12.8 Å². The number of allylic oxidation sites excluding steroid dienone is 2. The first-order valence-corrected chi connectivity index (χ1v) is 19.9. The summed E-state index contributed by atoms with van der Waals surface area (Å²) >= 11 is 0. The molecule has 0 aliphatic heterocycles. The molecule has 2 aliphatic rings. The fraction of sp³-hybridized carbons (Fsp3) is 0.457. The molecule has 10 unspecified atom stereocenters. The summed E-state index contributed by atoms with van der Waals surface area (Å²) in [5.74, 6) is 7.10. The summed E-state index contributed by atoms with van der Waals surface area (Å²) in [5.41, 5.74) is 10.1. The van der Waals surface area contributed by atoms with Crippen molar-refractivity contribution in [3.8, 4) is 23.3 Å². The molecule has 0 amide bonds. The van der Waals surface area contributed by atoms with Gasteiger partial charge < -0.3 is 41.0 Å². The number of rotatable bonds is 14. The van der Waals surface area contributed by atoms with Crippen LogP contribution >= 0.6 is 0 Å². The lowest BCUT2D eigenvalue weighted by Gasteiger charge is -2.31. The highest BCUT2D eigenvalue weighted by Crippen LogP contribution is 2.40. The summed E-state index contributed by atoms with van der Waals surface area (Å²) in [7, 11) is 0. The molecule has 2 heterocycles. The zero-order valence-electron chi connectivity index (χ0n) is 31.8. The first-order chi connectivity index (χ1) is 26.7. The number of phenolic OH excluding ortho intramolecular Hbond substituents is 1. The number of aromatic hydroxyl groups is 1. The van der Waals surface area contributed by atoms with Crippen molar-refractivity contribution in [2.24, 2.45) is 23.7 Å². The van der Waals surface area contributed by atoms with Gasteiger partial charge in [0, 0.05) is 54.8 Å². The summed E-state index contributed by atoms with van der Waals surface area (Å²) in [4.78, 5) is 7.42. The maximum absolute atomic E-state index is 11.7. The Labute approximate surface area is 325 Å². The fourth-order valence-corrected chi connectivity index (χ4v) is 8.46. The number of aromatic amines is 1. The molecule has 55 heavy (non-hydrogen) atoms. The number of nitrogen functional groups attached to an aromatic ring is 1. The van der Waals surface area contributed by atoms with E-state index in [-0.39, 0.29) is 48.2 Å². The van der Waals surface area contributed by atoms with Crippen LogP contribution in [0.15, 0.2) is 97.3 Å². The maximum atomic E-state index is 11.7. The van der Waals surface area contributed by atoms with E-state index in [1.165, 1.54) is 5.56 Å². The van der Waals surface area contributed by atoms with Crippen molar-refractivity contribution in [2.45, 2.75) is 101 Å². The van der Waals surface area contributed by atoms with Gasteiger partial charge in [-0.3, -0.25) is 0 Å². The van der Waals surface area contributed by atoms with E-state index in [4.69, 9.17) is 10.5 Å². The lowest BCUT2D eigenvalue weighted by molar-refractivity contribution is -0.00715. The predicted molar refractivity (Wildman–Crippen MR) is 215 cm³/mol. The molecule has 6 rings (SSSR count). The molecule has 9 nitrogen and oxygen atoms in total. The van der Waals surface area contributed by atoms with Crippen LogP contribution in [0, 0.1) is 35.5 Å². The highest BCUT2D eigenvalue weighted by atomic mass is 16.5. The van der Waals surface area contributed by atoms with Crippen molar-refractivity contribution in [1.82, 2.24) is 9.97 Å². The van der Waals surface area contributed by atoms with Gasteiger partial charge in [-0.15, -0.1) is 0 Å². The Kier molecular flexibility index (Phi) is 14.1. The van der Waals surface area contributed by atoms with Crippen LogP contribution in [0.1, 0.15) is 86.1 Å². The smallest absolute Gasteiger partial charge is 0.161 e.